The Hall–Kier alpha value is -1.08. The molecule has 0 saturated heterocycles. The molecule has 0 spiro atoms. The zero-order valence-corrected chi connectivity index (χ0v) is 6.46. The maximum Gasteiger partial charge on any atom is 0.0520 e. The van der Waals surface area contributed by atoms with Gasteiger partial charge >= 0.3 is 0 Å². The molecule has 1 radical (unpaired) electrons. The summed E-state index contributed by atoms with van der Waals surface area (Å²) in [6, 6.07) is 10.1. The van der Waals surface area contributed by atoms with E-state index in [2.05, 4.69) is 24.0 Å². The number of nitrogens with one attached hydrogen (secondary N) is 1. The maximum atomic E-state index is 3.61. The van der Waals surface area contributed by atoms with Crippen molar-refractivity contribution in [1.82, 2.24) is 5.32 Å². The Labute approximate surface area is 67.8 Å². The Morgan fingerprint density at radius 1 is 1.27 bits per heavy atom. The lowest BCUT2D eigenvalue weighted by molar-refractivity contribution is 0.918. The summed E-state index contributed by atoms with van der Waals surface area (Å²) in [4.78, 5) is 0. The highest BCUT2D eigenvalue weighted by Crippen LogP contribution is 1.98. The number of hydrogen-bond donors (Lipinski definition) is 1. The largest absolute Gasteiger partial charge is 0.305 e. The molecule has 1 rings (SSSR count). The van der Waals surface area contributed by atoms with Gasteiger partial charge in [-0.3, -0.25) is 0 Å². The Bertz CT molecular complexity index is 203. The maximum absolute atomic E-state index is 3.61. The molecule has 1 nitrogen and oxygen atoms in total. The summed E-state index contributed by atoms with van der Waals surface area (Å²) in [6.07, 6.45) is 1.83. The topological polar surface area (TPSA) is 12.0 Å². The van der Waals surface area contributed by atoms with E-state index in [1.54, 1.807) is 0 Å². The molecule has 1 N–H and O–H groups in total. The second-order valence-corrected chi connectivity index (χ2v) is 2.25. The fourth-order valence-corrected chi connectivity index (χ4v) is 0.809. The highest BCUT2D eigenvalue weighted by atomic mass is 14.8. The molecule has 0 atom stereocenters. The standard InChI is InChI=1S/C10H12N/c1-2-8-11-9-10-6-4-3-5-7-10/h2-7,9,11H,1,8H2. The molecule has 0 heterocycles. The molecule has 57 valence electrons. The lowest BCUT2D eigenvalue weighted by atomic mass is 10.2. The van der Waals surface area contributed by atoms with E-state index >= 15 is 0 Å². The van der Waals surface area contributed by atoms with Crippen LogP contribution in [-0.2, 0) is 0 Å². The molecular formula is C10H12N. The van der Waals surface area contributed by atoms with Crippen LogP contribution in [0.1, 0.15) is 5.56 Å². The average Bonchev–Trinajstić information content (AvgIpc) is 2.07. The highest BCUT2D eigenvalue weighted by Gasteiger charge is 1.87. The lowest BCUT2D eigenvalue weighted by Crippen LogP contribution is -2.09. The summed E-state index contributed by atoms with van der Waals surface area (Å²) in [7, 11) is 0. The summed E-state index contributed by atoms with van der Waals surface area (Å²) in [6.45, 7) is 6.40. The normalized spacial score (nSPS) is 9.45. The van der Waals surface area contributed by atoms with E-state index in [0.717, 1.165) is 6.54 Å². The van der Waals surface area contributed by atoms with Crippen LogP contribution in [0.25, 0.3) is 0 Å². The highest BCUT2D eigenvalue weighted by molar-refractivity contribution is 5.21. The molecule has 0 bridgehead atoms. The van der Waals surface area contributed by atoms with Gasteiger partial charge in [0.2, 0.25) is 0 Å². The fraction of sp³-hybridized carbons (Fsp3) is 0.100. The minimum absolute atomic E-state index is 0.814. The second-order valence-electron chi connectivity index (χ2n) is 2.25. The smallest absolute Gasteiger partial charge is 0.0520 e. The first-order valence-electron chi connectivity index (χ1n) is 3.66. The van der Waals surface area contributed by atoms with Gasteiger partial charge in [0, 0.05) is 6.54 Å². The predicted octanol–water partition coefficient (Wildman–Crippen LogP) is 1.97. The molecule has 0 amide bonds. The van der Waals surface area contributed by atoms with Crippen molar-refractivity contribution in [3.8, 4) is 0 Å². The van der Waals surface area contributed by atoms with Crippen molar-refractivity contribution in [2.45, 2.75) is 0 Å². The zero-order valence-electron chi connectivity index (χ0n) is 6.46. The Morgan fingerprint density at radius 2 is 2.00 bits per heavy atom. The van der Waals surface area contributed by atoms with E-state index in [0.29, 0.717) is 0 Å². The summed E-state index contributed by atoms with van der Waals surface area (Å²) in [5.74, 6) is 0. The Morgan fingerprint density at radius 3 is 2.64 bits per heavy atom. The predicted molar refractivity (Wildman–Crippen MR) is 48.0 cm³/mol. The van der Waals surface area contributed by atoms with Crippen molar-refractivity contribution in [1.29, 1.82) is 0 Å². The molecule has 0 fully saturated rings. The number of benzene rings is 1. The quantitative estimate of drug-likeness (QED) is 0.506. The van der Waals surface area contributed by atoms with Crippen LogP contribution in [-0.4, -0.2) is 6.54 Å². The van der Waals surface area contributed by atoms with Gasteiger partial charge in [0.25, 0.3) is 0 Å². The molecule has 0 unspecified atom stereocenters. The van der Waals surface area contributed by atoms with Crippen LogP contribution in [0.15, 0.2) is 43.0 Å². The van der Waals surface area contributed by atoms with Crippen LogP contribution in [0.2, 0.25) is 0 Å². The SMILES string of the molecule is C=CCN[CH]c1ccccc1. The second kappa shape index (κ2) is 4.69. The zero-order chi connectivity index (χ0) is 7.94. The van der Waals surface area contributed by atoms with Gasteiger partial charge in [0.05, 0.1) is 6.54 Å². The average molecular weight is 146 g/mol. The van der Waals surface area contributed by atoms with E-state index in [1.165, 1.54) is 5.56 Å². The summed E-state index contributed by atoms with van der Waals surface area (Å²) < 4.78 is 0. The van der Waals surface area contributed by atoms with Crippen molar-refractivity contribution in [3.05, 3.63) is 55.1 Å². The molecule has 1 aromatic rings. The number of rotatable bonds is 4. The van der Waals surface area contributed by atoms with Crippen LogP contribution in [0, 0.1) is 6.54 Å². The van der Waals surface area contributed by atoms with Crippen molar-refractivity contribution in [2.24, 2.45) is 0 Å². The van der Waals surface area contributed by atoms with Crippen LogP contribution < -0.4 is 5.32 Å². The van der Waals surface area contributed by atoms with Gasteiger partial charge < -0.3 is 5.32 Å². The summed E-state index contributed by atoms with van der Waals surface area (Å²) in [5, 5.41) is 3.11. The molecule has 0 saturated carbocycles. The van der Waals surface area contributed by atoms with Gasteiger partial charge in [-0.25, -0.2) is 0 Å². The first-order valence-corrected chi connectivity index (χ1v) is 3.66. The molecule has 1 aromatic carbocycles. The van der Waals surface area contributed by atoms with Gasteiger partial charge in [-0.05, 0) is 5.56 Å². The Balaban J connectivity index is 2.33. The van der Waals surface area contributed by atoms with Crippen molar-refractivity contribution in [2.75, 3.05) is 6.54 Å². The number of hydrogen-bond acceptors (Lipinski definition) is 1. The van der Waals surface area contributed by atoms with E-state index < -0.39 is 0 Å². The molecule has 0 aliphatic rings. The monoisotopic (exact) mass is 146 g/mol. The van der Waals surface area contributed by atoms with Crippen molar-refractivity contribution < 1.29 is 0 Å². The first-order chi connectivity index (χ1) is 5.43. The van der Waals surface area contributed by atoms with Gasteiger partial charge in [-0.15, -0.1) is 6.58 Å². The summed E-state index contributed by atoms with van der Waals surface area (Å²) >= 11 is 0. The van der Waals surface area contributed by atoms with Crippen LogP contribution in [0.5, 0.6) is 0 Å². The Kier molecular flexibility index (Phi) is 3.42. The van der Waals surface area contributed by atoms with E-state index in [-0.39, 0.29) is 0 Å². The third kappa shape index (κ3) is 3.01. The first kappa shape index (κ1) is 8.02. The van der Waals surface area contributed by atoms with E-state index in [9.17, 15) is 0 Å². The van der Waals surface area contributed by atoms with Crippen LogP contribution in [0.3, 0.4) is 0 Å². The van der Waals surface area contributed by atoms with E-state index in [4.69, 9.17) is 0 Å². The molecule has 0 aliphatic heterocycles. The molecule has 1 heteroatoms. The lowest BCUT2D eigenvalue weighted by Gasteiger charge is -1.99. The van der Waals surface area contributed by atoms with Gasteiger partial charge in [-0.1, -0.05) is 36.4 Å². The van der Waals surface area contributed by atoms with Crippen LogP contribution >= 0.6 is 0 Å². The third-order valence-electron chi connectivity index (χ3n) is 1.33. The molecule has 0 aromatic heterocycles. The third-order valence-corrected chi connectivity index (χ3v) is 1.33. The van der Waals surface area contributed by atoms with Gasteiger partial charge in [-0.2, -0.15) is 0 Å². The van der Waals surface area contributed by atoms with E-state index in [1.807, 2.05) is 30.8 Å². The molecule has 11 heavy (non-hydrogen) atoms. The minimum Gasteiger partial charge on any atom is -0.305 e. The fourth-order valence-electron chi connectivity index (χ4n) is 0.809. The molecule has 0 aliphatic carbocycles. The van der Waals surface area contributed by atoms with Crippen molar-refractivity contribution >= 4 is 0 Å². The van der Waals surface area contributed by atoms with Gasteiger partial charge in [0.15, 0.2) is 0 Å². The van der Waals surface area contributed by atoms with Gasteiger partial charge in [0.1, 0.15) is 0 Å². The minimum atomic E-state index is 0.814. The van der Waals surface area contributed by atoms with Crippen molar-refractivity contribution in [3.63, 3.8) is 0 Å². The van der Waals surface area contributed by atoms with Crippen LogP contribution in [0.4, 0.5) is 0 Å². The molecular weight excluding hydrogens is 134 g/mol. The summed E-state index contributed by atoms with van der Waals surface area (Å²) in [5.41, 5.74) is 1.19.